The number of methoxy groups -OCH3 is 1. The number of rotatable bonds is 5. The Bertz CT molecular complexity index is 219. The van der Waals surface area contributed by atoms with Crippen LogP contribution >= 0.6 is 0 Å². The number of esters is 1. The molecule has 0 amide bonds. The third kappa shape index (κ3) is 4.49. The van der Waals surface area contributed by atoms with E-state index in [2.05, 4.69) is 23.9 Å². The van der Waals surface area contributed by atoms with Gasteiger partial charge in [0.2, 0.25) is 0 Å². The first-order valence-electron chi connectivity index (χ1n) is 6.08. The number of hydrogen-bond acceptors (Lipinski definition) is 4. The molecule has 1 aliphatic rings. The SMILES string of the molecule is COC(=O)[C@H]1CCCN(CCCN(C)C)C1. The molecule has 16 heavy (non-hydrogen) atoms. The summed E-state index contributed by atoms with van der Waals surface area (Å²) in [6.07, 6.45) is 3.26. The zero-order chi connectivity index (χ0) is 12.0. The van der Waals surface area contributed by atoms with Gasteiger partial charge in [0, 0.05) is 6.54 Å². The van der Waals surface area contributed by atoms with Crippen molar-refractivity contribution in [2.24, 2.45) is 5.92 Å². The summed E-state index contributed by atoms with van der Waals surface area (Å²) in [5, 5.41) is 0. The number of likely N-dealkylation sites (tertiary alicyclic amines) is 1. The molecule has 1 atom stereocenters. The zero-order valence-electron chi connectivity index (χ0n) is 10.7. The maximum Gasteiger partial charge on any atom is 0.309 e. The lowest BCUT2D eigenvalue weighted by Crippen LogP contribution is -2.40. The van der Waals surface area contributed by atoms with Crippen molar-refractivity contribution in [3.63, 3.8) is 0 Å². The molecule has 1 aliphatic heterocycles. The third-order valence-corrected chi connectivity index (χ3v) is 3.12. The molecule has 1 saturated heterocycles. The maximum absolute atomic E-state index is 11.4. The van der Waals surface area contributed by atoms with Crippen LogP contribution in [0.5, 0.6) is 0 Å². The minimum absolute atomic E-state index is 0.0442. The van der Waals surface area contributed by atoms with Crippen molar-refractivity contribution in [1.29, 1.82) is 0 Å². The number of hydrogen-bond donors (Lipinski definition) is 0. The van der Waals surface area contributed by atoms with Gasteiger partial charge >= 0.3 is 5.97 Å². The van der Waals surface area contributed by atoms with Crippen LogP contribution in [0.4, 0.5) is 0 Å². The van der Waals surface area contributed by atoms with E-state index in [1.165, 1.54) is 13.5 Å². The third-order valence-electron chi connectivity index (χ3n) is 3.12. The van der Waals surface area contributed by atoms with E-state index < -0.39 is 0 Å². The van der Waals surface area contributed by atoms with Crippen molar-refractivity contribution in [1.82, 2.24) is 9.80 Å². The lowest BCUT2D eigenvalue weighted by Gasteiger charge is -2.31. The van der Waals surface area contributed by atoms with E-state index in [1.807, 2.05) is 0 Å². The Morgan fingerprint density at radius 2 is 2.25 bits per heavy atom. The first-order chi connectivity index (χ1) is 7.63. The Morgan fingerprint density at radius 3 is 2.88 bits per heavy atom. The molecule has 0 radical (unpaired) electrons. The van der Waals surface area contributed by atoms with Crippen molar-refractivity contribution >= 4 is 5.97 Å². The normalized spacial score (nSPS) is 22.4. The van der Waals surface area contributed by atoms with Crippen LogP contribution < -0.4 is 0 Å². The largest absolute Gasteiger partial charge is 0.469 e. The molecular weight excluding hydrogens is 204 g/mol. The van der Waals surface area contributed by atoms with E-state index in [-0.39, 0.29) is 11.9 Å². The standard InChI is InChI=1S/C12H24N2O2/c1-13(2)7-5-9-14-8-4-6-11(10-14)12(15)16-3/h11H,4-10H2,1-3H3/t11-/m0/s1. The Morgan fingerprint density at radius 1 is 1.50 bits per heavy atom. The summed E-state index contributed by atoms with van der Waals surface area (Å²) in [7, 11) is 5.66. The van der Waals surface area contributed by atoms with Crippen LogP contribution in [0.15, 0.2) is 0 Å². The van der Waals surface area contributed by atoms with Crippen LogP contribution in [0.2, 0.25) is 0 Å². The minimum atomic E-state index is -0.0442. The molecule has 1 rings (SSSR count). The number of nitrogens with zero attached hydrogens (tertiary/aromatic N) is 2. The van der Waals surface area contributed by atoms with Crippen molar-refractivity contribution in [3.8, 4) is 0 Å². The van der Waals surface area contributed by atoms with E-state index in [9.17, 15) is 4.79 Å². The van der Waals surface area contributed by atoms with Gasteiger partial charge in [-0.1, -0.05) is 0 Å². The van der Waals surface area contributed by atoms with Gasteiger partial charge < -0.3 is 14.5 Å². The minimum Gasteiger partial charge on any atom is -0.469 e. The molecule has 0 aromatic rings. The molecule has 94 valence electrons. The second-order valence-corrected chi connectivity index (χ2v) is 4.82. The van der Waals surface area contributed by atoms with Gasteiger partial charge in [-0.2, -0.15) is 0 Å². The van der Waals surface area contributed by atoms with Gasteiger partial charge in [0.05, 0.1) is 13.0 Å². The fraction of sp³-hybridized carbons (Fsp3) is 0.917. The number of piperidine rings is 1. The highest BCUT2D eigenvalue weighted by Gasteiger charge is 2.25. The first kappa shape index (κ1) is 13.5. The van der Waals surface area contributed by atoms with Crippen LogP contribution in [-0.4, -0.2) is 63.2 Å². The first-order valence-corrected chi connectivity index (χ1v) is 6.08. The molecule has 0 unspecified atom stereocenters. The summed E-state index contributed by atoms with van der Waals surface area (Å²) in [5.74, 6) is 0.0513. The monoisotopic (exact) mass is 228 g/mol. The van der Waals surface area contributed by atoms with E-state index in [1.54, 1.807) is 0 Å². The van der Waals surface area contributed by atoms with Gasteiger partial charge in [-0.15, -0.1) is 0 Å². The van der Waals surface area contributed by atoms with E-state index >= 15 is 0 Å². The van der Waals surface area contributed by atoms with Gasteiger partial charge in [0.25, 0.3) is 0 Å². The average Bonchev–Trinajstić information content (AvgIpc) is 2.28. The molecule has 1 heterocycles. The van der Waals surface area contributed by atoms with Crippen LogP contribution in [0.1, 0.15) is 19.3 Å². The number of ether oxygens (including phenoxy) is 1. The Kier molecular flexibility index (Phi) is 5.77. The molecule has 0 bridgehead atoms. The van der Waals surface area contributed by atoms with Crippen molar-refractivity contribution in [2.75, 3.05) is 47.4 Å². The predicted molar refractivity (Wildman–Crippen MR) is 64.4 cm³/mol. The van der Waals surface area contributed by atoms with Crippen LogP contribution in [0.3, 0.4) is 0 Å². The average molecular weight is 228 g/mol. The highest BCUT2D eigenvalue weighted by molar-refractivity contribution is 5.72. The molecular formula is C12H24N2O2. The van der Waals surface area contributed by atoms with E-state index in [4.69, 9.17) is 4.74 Å². The second-order valence-electron chi connectivity index (χ2n) is 4.82. The maximum atomic E-state index is 11.4. The fourth-order valence-electron chi connectivity index (χ4n) is 2.23. The summed E-state index contributed by atoms with van der Waals surface area (Å²) >= 11 is 0. The molecule has 0 aromatic carbocycles. The zero-order valence-corrected chi connectivity index (χ0v) is 10.7. The molecule has 1 fully saturated rings. The highest BCUT2D eigenvalue weighted by atomic mass is 16.5. The van der Waals surface area contributed by atoms with E-state index in [0.29, 0.717) is 0 Å². The Labute approximate surface area is 98.5 Å². The molecule has 0 aromatic heterocycles. The quantitative estimate of drug-likeness (QED) is 0.652. The predicted octanol–water partition coefficient (Wildman–Crippen LogP) is 0.823. The topological polar surface area (TPSA) is 32.8 Å². The van der Waals surface area contributed by atoms with Crippen molar-refractivity contribution in [2.45, 2.75) is 19.3 Å². The summed E-state index contributed by atoms with van der Waals surface area (Å²) < 4.78 is 4.81. The lowest BCUT2D eigenvalue weighted by atomic mass is 9.98. The molecule has 0 N–H and O–H groups in total. The Balaban J connectivity index is 2.25. The van der Waals surface area contributed by atoms with Gasteiger partial charge in [0.15, 0.2) is 0 Å². The lowest BCUT2D eigenvalue weighted by molar-refractivity contribution is -0.147. The van der Waals surface area contributed by atoms with Crippen LogP contribution in [-0.2, 0) is 9.53 Å². The highest BCUT2D eigenvalue weighted by Crippen LogP contribution is 2.17. The van der Waals surface area contributed by atoms with Crippen LogP contribution in [0, 0.1) is 5.92 Å². The molecule has 0 aliphatic carbocycles. The molecule has 0 saturated carbocycles. The van der Waals surface area contributed by atoms with Crippen LogP contribution in [0.25, 0.3) is 0 Å². The smallest absolute Gasteiger partial charge is 0.309 e. The van der Waals surface area contributed by atoms with Crippen molar-refractivity contribution < 1.29 is 9.53 Å². The van der Waals surface area contributed by atoms with E-state index in [0.717, 1.165) is 39.0 Å². The second kappa shape index (κ2) is 6.86. The van der Waals surface area contributed by atoms with Crippen molar-refractivity contribution in [3.05, 3.63) is 0 Å². The summed E-state index contributed by atoms with van der Waals surface area (Å²) in [6, 6.07) is 0. The van der Waals surface area contributed by atoms with Gasteiger partial charge in [-0.25, -0.2) is 0 Å². The summed E-state index contributed by atoms with van der Waals surface area (Å²) in [6.45, 7) is 4.20. The fourth-order valence-corrected chi connectivity index (χ4v) is 2.23. The van der Waals surface area contributed by atoms with Gasteiger partial charge in [0.1, 0.15) is 0 Å². The Hall–Kier alpha value is -0.610. The number of carbonyl (C=O) groups is 1. The van der Waals surface area contributed by atoms with Gasteiger partial charge in [-0.3, -0.25) is 4.79 Å². The van der Waals surface area contributed by atoms with Gasteiger partial charge in [-0.05, 0) is 53.0 Å². The summed E-state index contributed by atoms with van der Waals surface area (Å²) in [5.41, 5.74) is 0. The molecule has 4 nitrogen and oxygen atoms in total. The number of carbonyl (C=O) groups excluding carboxylic acids is 1. The molecule has 0 spiro atoms. The molecule has 4 heteroatoms. The summed E-state index contributed by atoms with van der Waals surface area (Å²) in [4.78, 5) is 16.0.